The molecule has 2 aliphatic rings. The van der Waals surface area contributed by atoms with Crippen LogP contribution in [0.15, 0.2) is 24.3 Å². The Kier molecular flexibility index (Phi) is 6.34. The predicted octanol–water partition coefficient (Wildman–Crippen LogP) is 2.24. The van der Waals surface area contributed by atoms with Crippen molar-refractivity contribution in [3.8, 4) is 0 Å². The molecule has 7 nitrogen and oxygen atoms in total. The number of nitrogens with zero attached hydrogens (tertiary/aromatic N) is 1. The molecule has 3 rings (SSSR count). The fourth-order valence-electron chi connectivity index (χ4n) is 3.85. The first-order valence-electron chi connectivity index (χ1n) is 9.42. The number of carbonyl (C=O) groups is 4. The van der Waals surface area contributed by atoms with E-state index >= 15 is 0 Å². The number of ether oxygens (including phenoxy) is 1. The summed E-state index contributed by atoms with van der Waals surface area (Å²) in [5, 5.41) is 3.27. The Bertz CT molecular complexity index is 773. The number of esters is 1. The molecule has 1 aliphatic heterocycles. The second kappa shape index (κ2) is 8.73. The Hall–Kier alpha value is -2.41. The molecule has 1 N–H and O–H groups in total. The third kappa shape index (κ3) is 4.52. The van der Waals surface area contributed by atoms with Gasteiger partial charge in [-0.15, -0.1) is 0 Å². The van der Waals surface area contributed by atoms with Crippen LogP contribution in [0.2, 0.25) is 5.02 Å². The minimum Gasteiger partial charge on any atom is -0.454 e. The highest BCUT2D eigenvalue weighted by atomic mass is 35.5. The second-order valence-corrected chi connectivity index (χ2v) is 7.70. The normalized spacial score (nSPS) is 22.6. The summed E-state index contributed by atoms with van der Waals surface area (Å²) in [6.07, 6.45) is 3.21. The molecule has 8 heteroatoms. The Morgan fingerprint density at radius 2 is 1.86 bits per heavy atom. The Labute approximate surface area is 168 Å². The average Bonchev–Trinajstić information content (AvgIpc) is 2.91. The molecule has 1 heterocycles. The number of halogens is 1. The number of imide groups is 1. The lowest BCUT2D eigenvalue weighted by molar-refractivity contribution is -0.155. The molecular weight excluding hydrogens is 384 g/mol. The molecule has 0 aromatic heterocycles. The number of nitrogens with one attached hydrogen (secondary N) is 1. The average molecular weight is 407 g/mol. The minimum atomic E-state index is -0.772. The van der Waals surface area contributed by atoms with Gasteiger partial charge in [-0.3, -0.25) is 24.1 Å². The van der Waals surface area contributed by atoms with Crippen LogP contribution >= 0.6 is 11.6 Å². The Balaban J connectivity index is 1.47. The molecule has 2 fully saturated rings. The van der Waals surface area contributed by atoms with Crippen LogP contribution in [-0.4, -0.2) is 41.7 Å². The van der Waals surface area contributed by atoms with E-state index in [4.69, 9.17) is 16.3 Å². The zero-order valence-electron chi connectivity index (χ0n) is 15.7. The third-order valence-electron chi connectivity index (χ3n) is 5.31. The van der Waals surface area contributed by atoms with Gasteiger partial charge in [0.15, 0.2) is 6.61 Å². The van der Waals surface area contributed by atoms with Crippen molar-refractivity contribution in [3.63, 3.8) is 0 Å². The lowest BCUT2D eigenvalue weighted by Gasteiger charge is -2.19. The topological polar surface area (TPSA) is 92.8 Å². The van der Waals surface area contributed by atoms with E-state index in [1.807, 2.05) is 6.07 Å². The summed E-state index contributed by atoms with van der Waals surface area (Å²) in [7, 11) is 0. The second-order valence-electron chi connectivity index (χ2n) is 7.26. The standard InChI is InChI=1S/C20H23ClN2O5/c1-12(13-5-4-6-14(21)9-13)22-17(24)11-28-18(25)10-23-19(26)15-7-2-3-8-16(15)20(23)27/h4-6,9,12,15-16H,2-3,7-8,10-11H2,1H3,(H,22,24)/t12-,15-,16+/m1/s1. The Morgan fingerprint density at radius 3 is 2.46 bits per heavy atom. The highest BCUT2D eigenvalue weighted by Crippen LogP contribution is 2.37. The van der Waals surface area contributed by atoms with Crippen LogP contribution in [0.25, 0.3) is 0 Å². The van der Waals surface area contributed by atoms with Gasteiger partial charge in [0.05, 0.1) is 17.9 Å². The van der Waals surface area contributed by atoms with Crippen molar-refractivity contribution in [1.29, 1.82) is 0 Å². The largest absolute Gasteiger partial charge is 0.454 e. The first-order chi connectivity index (χ1) is 13.4. The minimum absolute atomic E-state index is 0.300. The molecule has 1 saturated heterocycles. The summed E-state index contributed by atoms with van der Waals surface area (Å²) in [6.45, 7) is 0.864. The first kappa shape index (κ1) is 20.3. The lowest BCUT2D eigenvalue weighted by atomic mass is 9.81. The third-order valence-corrected chi connectivity index (χ3v) is 5.55. The monoisotopic (exact) mass is 406 g/mol. The van der Waals surface area contributed by atoms with E-state index in [9.17, 15) is 19.2 Å². The smallest absolute Gasteiger partial charge is 0.326 e. The first-order valence-corrected chi connectivity index (χ1v) is 9.80. The molecule has 1 aliphatic carbocycles. The van der Waals surface area contributed by atoms with E-state index in [1.165, 1.54) is 0 Å². The van der Waals surface area contributed by atoms with Gasteiger partial charge in [-0.05, 0) is 37.5 Å². The molecule has 0 radical (unpaired) electrons. The Morgan fingerprint density at radius 1 is 1.21 bits per heavy atom. The van der Waals surface area contributed by atoms with Crippen LogP contribution < -0.4 is 5.32 Å². The van der Waals surface area contributed by atoms with Gasteiger partial charge in [0, 0.05) is 5.02 Å². The van der Waals surface area contributed by atoms with Gasteiger partial charge in [-0.2, -0.15) is 0 Å². The van der Waals surface area contributed by atoms with Gasteiger partial charge in [0.25, 0.3) is 5.91 Å². The molecule has 0 spiro atoms. The van der Waals surface area contributed by atoms with Crippen LogP contribution in [0.5, 0.6) is 0 Å². The number of hydrogen-bond acceptors (Lipinski definition) is 5. The van der Waals surface area contributed by atoms with Crippen molar-refractivity contribution in [2.75, 3.05) is 13.2 Å². The van der Waals surface area contributed by atoms with Crippen molar-refractivity contribution in [3.05, 3.63) is 34.9 Å². The van der Waals surface area contributed by atoms with E-state index in [0.29, 0.717) is 17.9 Å². The number of likely N-dealkylation sites (tertiary alicyclic amines) is 1. The van der Waals surface area contributed by atoms with Crippen molar-refractivity contribution in [1.82, 2.24) is 10.2 Å². The highest BCUT2D eigenvalue weighted by Gasteiger charge is 2.48. The van der Waals surface area contributed by atoms with Crippen LogP contribution in [0.3, 0.4) is 0 Å². The van der Waals surface area contributed by atoms with E-state index in [0.717, 1.165) is 23.3 Å². The van der Waals surface area contributed by atoms with Crippen molar-refractivity contribution in [2.45, 2.75) is 38.6 Å². The molecule has 1 aromatic rings. The highest BCUT2D eigenvalue weighted by molar-refractivity contribution is 6.30. The summed E-state index contributed by atoms with van der Waals surface area (Å²) in [5.74, 6) is -2.47. The maximum atomic E-state index is 12.4. The summed E-state index contributed by atoms with van der Waals surface area (Å²) in [4.78, 5) is 49.8. The maximum absolute atomic E-state index is 12.4. The molecule has 1 aromatic carbocycles. The fraction of sp³-hybridized carbons (Fsp3) is 0.500. The molecule has 150 valence electrons. The number of amides is 3. The molecule has 0 unspecified atom stereocenters. The fourth-order valence-corrected chi connectivity index (χ4v) is 4.05. The number of fused-ring (bicyclic) bond motifs is 1. The molecule has 0 bridgehead atoms. The number of rotatable bonds is 6. The molecule has 3 atom stereocenters. The van der Waals surface area contributed by atoms with Gasteiger partial charge in [-0.1, -0.05) is 36.6 Å². The lowest BCUT2D eigenvalue weighted by Crippen LogP contribution is -2.38. The van der Waals surface area contributed by atoms with Crippen molar-refractivity contribution >= 4 is 35.3 Å². The van der Waals surface area contributed by atoms with E-state index in [2.05, 4.69) is 5.32 Å². The SMILES string of the molecule is C[C@@H](NC(=O)COC(=O)CN1C(=O)[C@H]2CCCC[C@H]2C1=O)c1cccc(Cl)c1. The quantitative estimate of drug-likeness (QED) is 0.577. The predicted molar refractivity (Wildman–Crippen MR) is 101 cm³/mol. The summed E-state index contributed by atoms with van der Waals surface area (Å²) in [6, 6.07) is 6.77. The molecule has 1 saturated carbocycles. The van der Waals surface area contributed by atoms with Gasteiger partial charge in [0.1, 0.15) is 6.54 Å². The van der Waals surface area contributed by atoms with Crippen LogP contribution in [0.1, 0.15) is 44.2 Å². The van der Waals surface area contributed by atoms with Gasteiger partial charge < -0.3 is 10.1 Å². The van der Waals surface area contributed by atoms with Crippen molar-refractivity contribution < 1.29 is 23.9 Å². The van der Waals surface area contributed by atoms with Gasteiger partial charge >= 0.3 is 5.97 Å². The summed E-state index contributed by atoms with van der Waals surface area (Å²) in [5.41, 5.74) is 0.822. The molecule has 3 amide bonds. The molecule has 28 heavy (non-hydrogen) atoms. The number of carbonyl (C=O) groups excluding carboxylic acids is 4. The van der Waals surface area contributed by atoms with Gasteiger partial charge in [0.2, 0.25) is 11.8 Å². The van der Waals surface area contributed by atoms with Crippen molar-refractivity contribution in [2.24, 2.45) is 11.8 Å². The van der Waals surface area contributed by atoms with E-state index in [-0.39, 0.29) is 29.7 Å². The van der Waals surface area contributed by atoms with Crippen LogP contribution in [0, 0.1) is 11.8 Å². The maximum Gasteiger partial charge on any atom is 0.326 e. The summed E-state index contributed by atoms with van der Waals surface area (Å²) < 4.78 is 4.95. The number of benzene rings is 1. The van der Waals surface area contributed by atoms with E-state index < -0.39 is 25.0 Å². The molecular formula is C20H23ClN2O5. The van der Waals surface area contributed by atoms with Gasteiger partial charge in [-0.25, -0.2) is 0 Å². The van der Waals surface area contributed by atoms with Crippen LogP contribution in [0.4, 0.5) is 0 Å². The van der Waals surface area contributed by atoms with Crippen LogP contribution in [-0.2, 0) is 23.9 Å². The number of hydrogen-bond donors (Lipinski definition) is 1. The zero-order chi connectivity index (χ0) is 20.3. The summed E-state index contributed by atoms with van der Waals surface area (Å²) >= 11 is 5.94. The van der Waals surface area contributed by atoms with E-state index in [1.54, 1.807) is 25.1 Å². The zero-order valence-corrected chi connectivity index (χ0v) is 16.4.